The van der Waals surface area contributed by atoms with Crippen LogP contribution in [0.3, 0.4) is 0 Å². The molecule has 1 aromatic rings. The molecule has 0 aromatic heterocycles. The van der Waals surface area contributed by atoms with E-state index in [1.807, 2.05) is 20.8 Å². The van der Waals surface area contributed by atoms with Gasteiger partial charge in [0, 0.05) is 13.1 Å². The minimum atomic E-state index is -0.140. The molecule has 0 saturated carbocycles. The monoisotopic (exact) mass is 316 g/mol. The van der Waals surface area contributed by atoms with Crippen molar-refractivity contribution in [2.45, 2.75) is 27.2 Å². The number of hydrogen-bond acceptors (Lipinski definition) is 2. The van der Waals surface area contributed by atoms with Crippen molar-refractivity contribution in [3.8, 4) is 0 Å². The second-order valence-corrected chi connectivity index (χ2v) is 6.51. The number of carbonyl (C=O) groups is 1. The molecule has 0 atom stereocenters. The number of benzene rings is 1. The molecule has 0 spiro atoms. The first-order chi connectivity index (χ1) is 9.32. The van der Waals surface area contributed by atoms with Crippen LogP contribution in [0.25, 0.3) is 0 Å². The average molecular weight is 317 g/mol. The van der Waals surface area contributed by atoms with Crippen LogP contribution in [-0.4, -0.2) is 30.4 Å². The zero-order valence-electron chi connectivity index (χ0n) is 12.2. The Morgan fingerprint density at radius 2 is 1.85 bits per heavy atom. The number of rotatable bonds is 6. The van der Waals surface area contributed by atoms with Crippen molar-refractivity contribution < 1.29 is 4.79 Å². The van der Waals surface area contributed by atoms with Gasteiger partial charge in [-0.3, -0.25) is 4.79 Å². The topological polar surface area (TPSA) is 46.3 Å². The second-order valence-electron chi connectivity index (χ2n) is 5.69. The minimum Gasteiger partial charge on any atom is -0.338 e. The number of nitrogens with zero attached hydrogens (tertiary/aromatic N) is 1. The fourth-order valence-electron chi connectivity index (χ4n) is 1.96. The van der Waals surface area contributed by atoms with E-state index in [0.717, 1.165) is 6.42 Å². The smallest absolute Gasteiger partial charge is 0.256 e. The van der Waals surface area contributed by atoms with Gasteiger partial charge >= 0.3 is 0 Å². The van der Waals surface area contributed by atoms with Crippen LogP contribution >= 0.6 is 23.2 Å². The molecule has 1 aromatic carbocycles. The van der Waals surface area contributed by atoms with Gasteiger partial charge in [0.2, 0.25) is 0 Å². The Bertz CT molecular complexity index is 455. The molecular weight excluding hydrogens is 295 g/mol. The maximum Gasteiger partial charge on any atom is 0.256 e. The number of nitrogens with two attached hydrogens (primary N) is 1. The Morgan fingerprint density at radius 3 is 2.30 bits per heavy atom. The summed E-state index contributed by atoms with van der Waals surface area (Å²) in [4.78, 5) is 14.5. The lowest BCUT2D eigenvalue weighted by Crippen LogP contribution is -2.42. The maximum absolute atomic E-state index is 12.7. The summed E-state index contributed by atoms with van der Waals surface area (Å²) < 4.78 is 0. The third-order valence-electron chi connectivity index (χ3n) is 3.13. The van der Waals surface area contributed by atoms with Crippen molar-refractivity contribution in [2.24, 2.45) is 11.1 Å². The molecule has 2 N–H and O–H groups in total. The minimum absolute atomic E-state index is 0.135. The Labute approximate surface area is 131 Å². The van der Waals surface area contributed by atoms with Crippen LogP contribution in [0.2, 0.25) is 10.0 Å². The first-order valence-corrected chi connectivity index (χ1v) is 7.51. The lowest BCUT2D eigenvalue weighted by Gasteiger charge is -2.32. The summed E-state index contributed by atoms with van der Waals surface area (Å²) in [5.74, 6) is -0.135. The number of carbonyl (C=O) groups excluding carboxylic acids is 1. The molecule has 0 saturated heterocycles. The molecule has 0 heterocycles. The Kier molecular flexibility index (Phi) is 6.31. The van der Waals surface area contributed by atoms with Gasteiger partial charge in [0.25, 0.3) is 5.91 Å². The van der Waals surface area contributed by atoms with E-state index in [-0.39, 0.29) is 11.3 Å². The molecule has 0 aliphatic rings. The molecule has 0 aliphatic carbocycles. The Morgan fingerprint density at radius 1 is 1.30 bits per heavy atom. The van der Waals surface area contributed by atoms with Gasteiger partial charge in [0.05, 0.1) is 15.6 Å². The number of hydrogen-bond donors (Lipinski definition) is 1. The lowest BCUT2D eigenvalue weighted by atomic mass is 9.92. The molecule has 0 unspecified atom stereocenters. The van der Waals surface area contributed by atoms with Crippen molar-refractivity contribution in [1.82, 2.24) is 4.90 Å². The van der Waals surface area contributed by atoms with E-state index in [1.54, 1.807) is 23.1 Å². The molecular formula is C15H22Cl2N2O. The van der Waals surface area contributed by atoms with Crippen LogP contribution in [0.15, 0.2) is 18.2 Å². The van der Waals surface area contributed by atoms with Crippen molar-refractivity contribution in [2.75, 3.05) is 19.6 Å². The summed E-state index contributed by atoms with van der Waals surface area (Å²) in [5, 5.41) is 0.767. The molecule has 3 nitrogen and oxygen atoms in total. The van der Waals surface area contributed by atoms with Gasteiger partial charge in [0.15, 0.2) is 0 Å². The number of halogens is 2. The molecule has 1 rings (SSSR count). The SMILES string of the molecule is CCCN(CC(C)(C)CN)C(=O)c1c(Cl)cccc1Cl. The fraction of sp³-hybridized carbons (Fsp3) is 0.533. The van der Waals surface area contributed by atoms with E-state index in [9.17, 15) is 4.79 Å². The third kappa shape index (κ3) is 4.37. The van der Waals surface area contributed by atoms with E-state index in [2.05, 4.69) is 0 Å². The first-order valence-electron chi connectivity index (χ1n) is 6.75. The van der Waals surface area contributed by atoms with Gasteiger partial charge in [0.1, 0.15) is 0 Å². The molecule has 1 amide bonds. The predicted octanol–water partition coefficient (Wildman–Crippen LogP) is 3.83. The summed E-state index contributed by atoms with van der Waals surface area (Å²) >= 11 is 12.2. The van der Waals surface area contributed by atoms with E-state index < -0.39 is 0 Å². The van der Waals surface area contributed by atoms with E-state index in [1.165, 1.54) is 0 Å². The zero-order valence-corrected chi connectivity index (χ0v) is 13.8. The predicted molar refractivity (Wildman–Crippen MR) is 85.5 cm³/mol. The van der Waals surface area contributed by atoms with Crippen LogP contribution in [0, 0.1) is 5.41 Å². The number of amides is 1. The van der Waals surface area contributed by atoms with E-state index in [4.69, 9.17) is 28.9 Å². The van der Waals surface area contributed by atoms with Crippen LogP contribution in [0.4, 0.5) is 0 Å². The summed E-state index contributed by atoms with van der Waals surface area (Å²) in [6.45, 7) is 7.86. The maximum atomic E-state index is 12.7. The summed E-state index contributed by atoms with van der Waals surface area (Å²) in [6.07, 6.45) is 0.870. The molecule has 5 heteroatoms. The van der Waals surface area contributed by atoms with Crippen LogP contribution in [-0.2, 0) is 0 Å². The summed E-state index contributed by atoms with van der Waals surface area (Å²) in [6, 6.07) is 5.09. The van der Waals surface area contributed by atoms with Gasteiger partial charge < -0.3 is 10.6 Å². The normalized spacial score (nSPS) is 11.5. The molecule has 0 aliphatic heterocycles. The Balaban J connectivity index is 3.06. The molecule has 20 heavy (non-hydrogen) atoms. The highest BCUT2D eigenvalue weighted by molar-refractivity contribution is 6.39. The highest BCUT2D eigenvalue weighted by Crippen LogP contribution is 2.27. The largest absolute Gasteiger partial charge is 0.338 e. The van der Waals surface area contributed by atoms with Crippen molar-refractivity contribution in [3.63, 3.8) is 0 Å². The molecule has 0 fully saturated rings. The van der Waals surface area contributed by atoms with Gasteiger partial charge in [-0.05, 0) is 30.5 Å². The van der Waals surface area contributed by atoms with Crippen molar-refractivity contribution >= 4 is 29.1 Å². The van der Waals surface area contributed by atoms with E-state index >= 15 is 0 Å². The first kappa shape index (κ1) is 17.3. The summed E-state index contributed by atoms with van der Waals surface area (Å²) in [7, 11) is 0. The van der Waals surface area contributed by atoms with Gasteiger partial charge in [-0.1, -0.05) is 50.0 Å². The molecule has 0 radical (unpaired) electrons. The molecule has 0 bridgehead atoms. The lowest BCUT2D eigenvalue weighted by molar-refractivity contribution is 0.0690. The van der Waals surface area contributed by atoms with E-state index in [0.29, 0.717) is 35.2 Å². The van der Waals surface area contributed by atoms with Gasteiger partial charge in [-0.15, -0.1) is 0 Å². The van der Waals surface area contributed by atoms with Gasteiger partial charge in [-0.25, -0.2) is 0 Å². The van der Waals surface area contributed by atoms with Crippen LogP contribution < -0.4 is 5.73 Å². The zero-order chi connectivity index (χ0) is 15.3. The second kappa shape index (κ2) is 7.30. The highest BCUT2D eigenvalue weighted by atomic mass is 35.5. The van der Waals surface area contributed by atoms with Crippen molar-refractivity contribution in [3.05, 3.63) is 33.8 Å². The highest BCUT2D eigenvalue weighted by Gasteiger charge is 2.26. The fourth-order valence-corrected chi connectivity index (χ4v) is 2.52. The van der Waals surface area contributed by atoms with Gasteiger partial charge in [-0.2, -0.15) is 0 Å². The van der Waals surface area contributed by atoms with Crippen molar-refractivity contribution in [1.29, 1.82) is 0 Å². The standard InChI is InChI=1S/C15H22Cl2N2O/c1-4-8-19(10-15(2,3)9-18)14(20)13-11(16)6-5-7-12(13)17/h5-7H,4,8-10,18H2,1-3H3. The Hall–Kier alpha value is -0.770. The van der Waals surface area contributed by atoms with Crippen LogP contribution in [0.1, 0.15) is 37.6 Å². The molecule has 112 valence electrons. The average Bonchev–Trinajstić information content (AvgIpc) is 2.37. The van der Waals surface area contributed by atoms with Crippen LogP contribution in [0.5, 0.6) is 0 Å². The summed E-state index contributed by atoms with van der Waals surface area (Å²) in [5.41, 5.74) is 5.99. The third-order valence-corrected chi connectivity index (χ3v) is 3.76. The quantitative estimate of drug-likeness (QED) is 0.867.